The summed E-state index contributed by atoms with van der Waals surface area (Å²) in [6, 6.07) is 9.03. The van der Waals surface area contributed by atoms with Crippen LogP contribution in [-0.4, -0.2) is 28.8 Å². The van der Waals surface area contributed by atoms with Gasteiger partial charge in [-0.3, -0.25) is 19.8 Å². The van der Waals surface area contributed by atoms with Crippen LogP contribution in [0.1, 0.15) is 12.7 Å². The van der Waals surface area contributed by atoms with Crippen LogP contribution in [0.15, 0.2) is 45.5 Å². The Hall–Kier alpha value is -2.19. The lowest BCUT2D eigenvalue weighted by Crippen LogP contribution is -2.39. The van der Waals surface area contributed by atoms with Crippen LogP contribution in [0.25, 0.3) is 0 Å². The van der Waals surface area contributed by atoms with Crippen molar-refractivity contribution in [2.45, 2.75) is 19.5 Å². The maximum atomic E-state index is 12.3. The Morgan fingerprint density at radius 3 is 2.78 bits per heavy atom. The van der Waals surface area contributed by atoms with Gasteiger partial charge in [-0.15, -0.1) is 0 Å². The molecule has 1 heterocycles. The fourth-order valence-electron chi connectivity index (χ4n) is 1.96. The zero-order chi connectivity index (χ0) is 17.0. The summed E-state index contributed by atoms with van der Waals surface area (Å²) in [6.45, 7) is 2.22. The molecule has 0 aliphatic heterocycles. The first-order valence-electron chi connectivity index (χ1n) is 6.86. The average molecular weight is 382 g/mol. The minimum atomic E-state index is -0.500. The molecule has 1 atom stereocenters. The largest absolute Gasteiger partial charge is 0.453 e. The standard InChI is InChI=1S/C15H16BrN3O4/c1-10(18(2)9-13-6-7-14(16)23-13)15(20)17-11-4-3-5-12(8-11)19(21)22/h3-8,10H,9H2,1-2H3,(H,17,20). The Labute approximate surface area is 141 Å². The second kappa shape index (κ2) is 7.38. The van der Waals surface area contributed by atoms with Crippen LogP contribution >= 0.6 is 15.9 Å². The molecule has 0 aliphatic rings. The molecule has 1 aromatic heterocycles. The molecule has 1 N–H and O–H groups in total. The minimum absolute atomic E-state index is 0.0655. The molecule has 2 aromatic rings. The zero-order valence-corrected chi connectivity index (χ0v) is 14.2. The molecule has 1 unspecified atom stereocenters. The highest BCUT2D eigenvalue weighted by Crippen LogP contribution is 2.19. The van der Waals surface area contributed by atoms with Crippen molar-refractivity contribution < 1.29 is 14.1 Å². The first kappa shape index (κ1) is 17.2. The number of nitro groups is 1. The van der Waals surface area contributed by atoms with Crippen LogP contribution in [0.4, 0.5) is 11.4 Å². The highest BCUT2D eigenvalue weighted by atomic mass is 79.9. The number of carbonyl (C=O) groups is 1. The molecule has 0 saturated heterocycles. The van der Waals surface area contributed by atoms with Gasteiger partial charge in [-0.2, -0.15) is 0 Å². The number of likely N-dealkylation sites (N-methyl/N-ethyl adjacent to an activating group) is 1. The first-order chi connectivity index (χ1) is 10.9. The third-order valence-corrected chi connectivity index (χ3v) is 3.83. The van der Waals surface area contributed by atoms with E-state index in [2.05, 4.69) is 21.2 Å². The predicted molar refractivity (Wildman–Crippen MR) is 89.1 cm³/mol. The monoisotopic (exact) mass is 381 g/mol. The van der Waals surface area contributed by atoms with Crippen LogP contribution in [0.2, 0.25) is 0 Å². The summed E-state index contributed by atoms with van der Waals surface area (Å²) in [7, 11) is 1.80. The van der Waals surface area contributed by atoms with Crippen molar-refractivity contribution in [3.8, 4) is 0 Å². The number of hydrogen-bond acceptors (Lipinski definition) is 5. The fraction of sp³-hybridized carbons (Fsp3) is 0.267. The van der Waals surface area contributed by atoms with Gasteiger partial charge in [-0.05, 0) is 48.1 Å². The second-order valence-corrected chi connectivity index (χ2v) is 5.88. The normalized spacial score (nSPS) is 12.2. The van der Waals surface area contributed by atoms with Gasteiger partial charge < -0.3 is 9.73 Å². The van der Waals surface area contributed by atoms with Crippen molar-refractivity contribution in [3.63, 3.8) is 0 Å². The van der Waals surface area contributed by atoms with E-state index in [-0.39, 0.29) is 11.6 Å². The number of halogens is 1. The minimum Gasteiger partial charge on any atom is -0.453 e. The van der Waals surface area contributed by atoms with E-state index >= 15 is 0 Å². The molecule has 0 aliphatic carbocycles. The number of hydrogen-bond donors (Lipinski definition) is 1. The SMILES string of the molecule is CC(C(=O)Nc1cccc([N+](=O)[O-])c1)N(C)Cc1ccc(Br)o1. The third kappa shape index (κ3) is 4.64. The van der Waals surface area contributed by atoms with Gasteiger partial charge >= 0.3 is 0 Å². The summed E-state index contributed by atoms with van der Waals surface area (Å²) in [5.74, 6) is 0.480. The Morgan fingerprint density at radius 1 is 1.43 bits per heavy atom. The van der Waals surface area contributed by atoms with E-state index in [1.165, 1.54) is 18.2 Å². The molecule has 8 heteroatoms. The molecule has 2 rings (SSSR count). The Morgan fingerprint density at radius 2 is 2.17 bits per heavy atom. The second-order valence-electron chi connectivity index (χ2n) is 5.09. The zero-order valence-electron chi connectivity index (χ0n) is 12.7. The molecule has 1 aromatic carbocycles. The summed E-state index contributed by atoms with van der Waals surface area (Å²) in [6.07, 6.45) is 0. The number of nitrogens with zero attached hydrogens (tertiary/aromatic N) is 2. The van der Waals surface area contributed by atoms with Crippen LogP contribution < -0.4 is 5.32 Å². The molecule has 0 bridgehead atoms. The molecular formula is C15H16BrN3O4. The van der Waals surface area contributed by atoms with Gasteiger partial charge in [-0.1, -0.05) is 6.07 Å². The Bertz CT molecular complexity index is 716. The van der Waals surface area contributed by atoms with Crippen LogP contribution in [0.3, 0.4) is 0 Å². The van der Waals surface area contributed by atoms with Crippen molar-refractivity contribution in [3.05, 3.63) is 56.9 Å². The van der Waals surface area contributed by atoms with E-state index in [9.17, 15) is 14.9 Å². The lowest BCUT2D eigenvalue weighted by Gasteiger charge is -2.22. The number of rotatable bonds is 6. The number of amides is 1. The third-order valence-electron chi connectivity index (χ3n) is 3.40. The van der Waals surface area contributed by atoms with Crippen LogP contribution in [0, 0.1) is 10.1 Å². The van der Waals surface area contributed by atoms with E-state index in [4.69, 9.17) is 4.42 Å². The van der Waals surface area contributed by atoms with Crippen molar-refractivity contribution >= 4 is 33.2 Å². The van der Waals surface area contributed by atoms with Gasteiger partial charge in [0.2, 0.25) is 5.91 Å². The smallest absolute Gasteiger partial charge is 0.271 e. The molecule has 122 valence electrons. The Kier molecular flexibility index (Phi) is 5.51. The highest BCUT2D eigenvalue weighted by molar-refractivity contribution is 9.10. The molecule has 7 nitrogen and oxygen atoms in total. The number of nitro benzene ring substituents is 1. The van der Waals surface area contributed by atoms with Gasteiger partial charge in [0.15, 0.2) is 4.67 Å². The van der Waals surface area contributed by atoms with Gasteiger partial charge in [0.05, 0.1) is 17.5 Å². The van der Waals surface area contributed by atoms with Crippen molar-refractivity contribution in [2.24, 2.45) is 0 Å². The van der Waals surface area contributed by atoms with Crippen molar-refractivity contribution in [1.29, 1.82) is 0 Å². The van der Waals surface area contributed by atoms with E-state index in [0.29, 0.717) is 16.9 Å². The summed E-state index contributed by atoms with van der Waals surface area (Å²) in [4.78, 5) is 24.3. The van der Waals surface area contributed by atoms with Gasteiger partial charge in [0.25, 0.3) is 5.69 Å². The van der Waals surface area contributed by atoms with Crippen molar-refractivity contribution in [2.75, 3.05) is 12.4 Å². The topological polar surface area (TPSA) is 88.6 Å². The maximum absolute atomic E-state index is 12.3. The Balaban J connectivity index is 1.99. The number of furan rings is 1. The summed E-state index contributed by atoms with van der Waals surface area (Å²) >= 11 is 3.23. The number of nitrogens with one attached hydrogen (secondary N) is 1. The predicted octanol–water partition coefficient (Wildman–Crippen LogP) is 3.41. The van der Waals surface area contributed by atoms with E-state index in [0.717, 1.165) is 5.76 Å². The number of non-ortho nitro benzene ring substituents is 1. The molecule has 0 saturated carbocycles. The molecular weight excluding hydrogens is 366 g/mol. The quantitative estimate of drug-likeness (QED) is 0.611. The lowest BCUT2D eigenvalue weighted by atomic mass is 10.2. The number of anilines is 1. The van der Waals surface area contributed by atoms with Gasteiger partial charge in [-0.25, -0.2) is 0 Å². The molecule has 1 amide bonds. The van der Waals surface area contributed by atoms with E-state index < -0.39 is 11.0 Å². The molecule has 0 radical (unpaired) electrons. The summed E-state index contributed by atoms with van der Waals surface area (Å²) in [5.41, 5.74) is 0.328. The summed E-state index contributed by atoms with van der Waals surface area (Å²) < 4.78 is 6.05. The maximum Gasteiger partial charge on any atom is 0.271 e. The number of benzene rings is 1. The molecule has 23 heavy (non-hydrogen) atoms. The lowest BCUT2D eigenvalue weighted by molar-refractivity contribution is -0.384. The summed E-state index contributed by atoms with van der Waals surface area (Å²) in [5, 5.41) is 13.4. The average Bonchev–Trinajstić information content (AvgIpc) is 2.91. The van der Waals surface area contributed by atoms with E-state index in [1.54, 1.807) is 26.1 Å². The van der Waals surface area contributed by atoms with E-state index in [1.807, 2.05) is 11.0 Å². The molecule has 0 spiro atoms. The van der Waals surface area contributed by atoms with Crippen molar-refractivity contribution in [1.82, 2.24) is 4.90 Å². The van der Waals surface area contributed by atoms with Gasteiger partial charge in [0.1, 0.15) is 5.76 Å². The molecule has 0 fully saturated rings. The number of carbonyl (C=O) groups excluding carboxylic acids is 1. The van der Waals surface area contributed by atoms with Gasteiger partial charge in [0, 0.05) is 17.8 Å². The fourth-order valence-corrected chi connectivity index (χ4v) is 2.30. The van der Waals surface area contributed by atoms with Crippen LogP contribution in [-0.2, 0) is 11.3 Å². The first-order valence-corrected chi connectivity index (χ1v) is 7.66. The highest BCUT2D eigenvalue weighted by Gasteiger charge is 2.20. The van der Waals surface area contributed by atoms with Crippen LogP contribution in [0.5, 0.6) is 0 Å².